The van der Waals surface area contributed by atoms with Crippen molar-refractivity contribution in [3.63, 3.8) is 0 Å². The van der Waals surface area contributed by atoms with Crippen molar-refractivity contribution in [1.29, 1.82) is 0 Å². The van der Waals surface area contributed by atoms with E-state index in [4.69, 9.17) is 0 Å². The SMILES string of the molecule is CC(NC(=O)CCN(Cc1ccccc1)C(=O)CCc1ccccc1)c1ccccc1. The molecular formula is C27H30N2O2. The molecule has 1 N–H and O–H groups in total. The van der Waals surface area contributed by atoms with Gasteiger partial charge in [-0.1, -0.05) is 91.0 Å². The smallest absolute Gasteiger partial charge is 0.223 e. The first kappa shape index (κ1) is 22.3. The fourth-order valence-electron chi connectivity index (χ4n) is 3.53. The van der Waals surface area contributed by atoms with Crippen LogP contribution in [-0.2, 0) is 22.6 Å². The lowest BCUT2D eigenvalue weighted by molar-refractivity contribution is -0.132. The summed E-state index contributed by atoms with van der Waals surface area (Å²) in [5.41, 5.74) is 3.27. The van der Waals surface area contributed by atoms with Gasteiger partial charge in [0.15, 0.2) is 0 Å². The van der Waals surface area contributed by atoms with Crippen LogP contribution in [0.15, 0.2) is 91.0 Å². The maximum absolute atomic E-state index is 13.0. The van der Waals surface area contributed by atoms with Gasteiger partial charge >= 0.3 is 0 Å². The number of carbonyl (C=O) groups is 2. The Balaban J connectivity index is 1.57. The Bertz CT molecular complexity index is 943. The van der Waals surface area contributed by atoms with Gasteiger partial charge in [0.1, 0.15) is 0 Å². The van der Waals surface area contributed by atoms with Crippen LogP contribution in [0.25, 0.3) is 0 Å². The standard InChI is InChI=1S/C27H30N2O2/c1-22(25-15-9-4-10-16-25)28-26(30)19-20-29(21-24-13-7-3-8-14-24)27(31)18-17-23-11-5-2-6-12-23/h2-16,22H,17-21H2,1H3,(H,28,30). The second kappa shape index (κ2) is 11.7. The number of amides is 2. The van der Waals surface area contributed by atoms with E-state index in [2.05, 4.69) is 5.32 Å². The first-order chi connectivity index (χ1) is 15.1. The summed E-state index contributed by atoms with van der Waals surface area (Å²) < 4.78 is 0. The number of nitrogens with zero attached hydrogens (tertiary/aromatic N) is 1. The molecule has 0 saturated heterocycles. The Labute approximate surface area is 184 Å². The maximum atomic E-state index is 13.0. The minimum absolute atomic E-state index is 0.0507. The van der Waals surface area contributed by atoms with E-state index in [0.29, 0.717) is 25.9 Å². The van der Waals surface area contributed by atoms with Gasteiger partial charge in [-0.2, -0.15) is 0 Å². The molecule has 0 bridgehead atoms. The molecule has 3 aromatic carbocycles. The van der Waals surface area contributed by atoms with E-state index in [1.54, 1.807) is 4.90 Å². The second-order valence-corrected chi connectivity index (χ2v) is 7.74. The van der Waals surface area contributed by atoms with Gasteiger partial charge in [-0.25, -0.2) is 0 Å². The molecule has 31 heavy (non-hydrogen) atoms. The zero-order chi connectivity index (χ0) is 21.9. The van der Waals surface area contributed by atoms with Crippen LogP contribution in [0, 0.1) is 0 Å². The van der Waals surface area contributed by atoms with Crippen LogP contribution in [0.2, 0.25) is 0 Å². The molecule has 4 nitrogen and oxygen atoms in total. The minimum Gasteiger partial charge on any atom is -0.350 e. The molecule has 160 valence electrons. The zero-order valence-corrected chi connectivity index (χ0v) is 18.0. The van der Waals surface area contributed by atoms with E-state index in [1.165, 1.54) is 0 Å². The average Bonchev–Trinajstić information content (AvgIpc) is 2.82. The van der Waals surface area contributed by atoms with Crippen molar-refractivity contribution in [2.45, 2.75) is 38.8 Å². The third-order valence-electron chi connectivity index (χ3n) is 5.33. The van der Waals surface area contributed by atoms with E-state index >= 15 is 0 Å². The molecule has 2 amide bonds. The summed E-state index contributed by atoms with van der Waals surface area (Å²) in [4.78, 5) is 27.3. The molecule has 3 aromatic rings. The summed E-state index contributed by atoms with van der Waals surface area (Å²) in [7, 11) is 0. The van der Waals surface area contributed by atoms with Crippen molar-refractivity contribution in [2.24, 2.45) is 0 Å². The zero-order valence-electron chi connectivity index (χ0n) is 18.0. The minimum atomic E-state index is -0.0648. The Morgan fingerprint density at radius 3 is 1.94 bits per heavy atom. The Morgan fingerprint density at radius 2 is 1.32 bits per heavy atom. The molecule has 0 fully saturated rings. The number of hydrogen-bond donors (Lipinski definition) is 1. The van der Waals surface area contributed by atoms with Crippen molar-refractivity contribution in [3.8, 4) is 0 Å². The predicted octanol–water partition coefficient (Wildman–Crippen LogP) is 4.92. The van der Waals surface area contributed by atoms with Crippen molar-refractivity contribution >= 4 is 11.8 Å². The predicted molar refractivity (Wildman–Crippen MR) is 124 cm³/mol. The summed E-state index contributed by atoms with van der Waals surface area (Å²) in [6.45, 7) is 2.88. The van der Waals surface area contributed by atoms with Crippen molar-refractivity contribution in [2.75, 3.05) is 6.54 Å². The number of aryl methyl sites for hydroxylation is 1. The van der Waals surface area contributed by atoms with Gasteiger partial charge in [-0.3, -0.25) is 9.59 Å². The van der Waals surface area contributed by atoms with Gasteiger partial charge in [0.05, 0.1) is 6.04 Å². The van der Waals surface area contributed by atoms with Gasteiger partial charge in [-0.05, 0) is 30.0 Å². The van der Waals surface area contributed by atoms with Crippen LogP contribution in [0.3, 0.4) is 0 Å². The number of carbonyl (C=O) groups excluding carboxylic acids is 2. The topological polar surface area (TPSA) is 49.4 Å². The largest absolute Gasteiger partial charge is 0.350 e. The highest BCUT2D eigenvalue weighted by molar-refractivity contribution is 5.79. The Kier molecular flexibility index (Phi) is 8.41. The lowest BCUT2D eigenvalue weighted by atomic mass is 10.1. The molecule has 0 radical (unpaired) electrons. The molecule has 0 aliphatic carbocycles. The highest BCUT2D eigenvalue weighted by Crippen LogP contribution is 2.13. The van der Waals surface area contributed by atoms with Gasteiger partial charge in [0, 0.05) is 25.9 Å². The molecule has 0 spiro atoms. The highest BCUT2D eigenvalue weighted by Gasteiger charge is 2.17. The van der Waals surface area contributed by atoms with Crippen LogP contribution in [0.4, 0.5) is 0 Å². The monoisotopic (exact) mass is 414 g/mol. The van der Waals surface area contributed by atoms with Crippen molar-refractivity contribution in [1.82, 2.24) is 10.2 Å². The molecule has 0 aromatic heterocycles. The fraction of sp³-hybridized carbons (Fsp3) is 0.259. The summed E-state index contributed by atoms with van der Waals surface area (Å²) in [5.74, 6) is 0.0156. The van der Waals surface area contributed by atoms with Gasteiger partial charge in [-0.15, -0.1) is 0 Å². The quantitative estimate of drug-likeness (QED) is 0.512. The summed E-state index contributed by atoms with van der Waals surface area (Å²) in [5, 5.41) is 3.04. The normalized spacial score (nSPS) is 11.5. The van der Waals surface area contributed by atoms with Crippen LogP contribution in [0.1, 0.15) is 42.5 Å². The Morgan fingerprint density at radius 1 is 0.774 bits per heavy atom. The van der Waals surface area contributed by atoms with Gasteiger partial charge in [0.2, 0.25) is 11.8 Å². The van der Waals surface area contributed by atoms with E-state index < -0.39 is 0 Å². The Hall–Kier alpha value is -3.40. The van der Waals surface area contributed by atoms with Crippen molar-refractivity contribution < 1.29 is 9.59 Å². The number of nitrogens with one attached hydrogen (secondary N) is 1. The van der Waals surface area contributed by atoms with E-state index in [-0.39, 0.29) is 24.3 Å². The second-order valence-electron chi connectivity index (χ2n) is 7.74. The maximum Gasteiger partial charge on any atom is 0.223 e. The molecular weight excluding hydrogens is 384 g/mol. The van der Waals surface area contributed by atoms with Crippen LogP contribution >= 0.6 is 0 Å². The van der Waals surface area contributed by atoms with E-state index in [1.807, 2.05) is 97.9 Å². The molecule has 0 heterocycles. The molecule has 0 aliphatic heterocycles. The molecule has 3 rings (SSSR count). The van der Waals surface area contributed by atoms with Crippen LogP contribution in [0.5, 0.6) is 0 Å². The third-order valence-corrected chi connectivity index (χ3v) is 5.33. The first-order valence-electron chi connectivity index (χ1n) is 10.8. The third kappa shape index (κ3) is 7.41. The number of hydrogen-bond acceptors (Lipinski definition) is 2. The first-order valence-corrected chi connectivity index (χ1v) is 10.8. The van der Waals surface area contributed by atoms with Crippen LogP contribution < -0.4 is 5.32 Å². The lowest BCUT2D eigenvalue weighted by Gasteiger charge is -2.23. The molecule has 4 heteroatoms. The summed E-state index contributed by atoms with van der Waals surface area (Å²) in [6, 6.07) is 29.8. The van der Waals surface area contributed by atoms with E-state index in [9.17, 15) is 9.59 Å². The fourth-order valence-corrected chi connectivity index (χ4v) is 3.53. The molecule has 1 unspecified atom stereocenters. The van der Waals surface area contributed by atoms with Gasteiger partial charge < -0.3 is 10.2 Å². The number of benzene rings is 3. The van der Waals surface area contributed by atoms with Crippen molar-refractivity contribution in [3.05, 3.63) is 108 Å². The molecule has 0 saturated carbocycles. The number of rotatable bonds is 10. The summed E-state index contributed by atoms with van der Waals surface area (Å²) >= 11 is 0. The average molecular weight is 415 g/mol. The molecule has 0 aliphatic rings. The molecule has 1 atom stereocenters. The highest BCUT2D eigenvalue weighted by atomic mass is 16.2. The van der Waals surface area contributed by atoms with E-state index in [0.717, 1.165) is 16.7 Å². The summed E-state index contributed by atoms with van der Waals surface area (Å²) in [6.07, 6.45) is 1.40. The van der Waals surface area contributed by atoms with Crippen LogP contribution in [-0.4, -0.2) is 23.3 Å². The lowest BCUT2D eigenvalue weighted by Crippen LogP contribution is -2.35. The van der Waals surface area contributed by atoms with Gasteiger partial charge in [0.25, 0.3) is 0 Å².